The van der Waals surface area contributed by atoms with Crippen LogP contribution >= 0.6 is 0 Å². The molecule has 106 valence electrons. The van der Waals surface area contributed by atoms with E-state index in [9.17, 15) is 14.4 Å². The van der Waals surface area contributed by atoms with Crippen LogP contribution in [0.25, 0.3) is 6.08 Å². The number of rotatable bonds is 7. The molecule has 0 atom stereocenters. The van der Waals surface area contributed by atoms with Gasteiger partial charge in [-0.05, 0) is 18.1 Å². The maximum absolute atomic E-state index is 11.4. The van der Waals surface area contributed by atoms with Gasteiger partial charge in [0.2, 0.25) is 5.78 Å². The molecule has 0 unspecified atom stereocenters. The molecular weight excluding hydrogens is 256 g/mol. The number of carbonyl (C=O) groups excluding carboxylic acids is 3. The molecule has 4 nitrogen and oxygen atoms in total. The van der Waals surface area contributed by atoms with E-state index in [0.29, 0.717) is 6.42 Å². The molecule has 0 saturated carbocycles. The molecule has 0 aromatic heterocycles. The molecule has 0 fully saturated rings. The van der Waals surface area contributed by atoms with Crippen LogP contribution in [0.15, 0.2) is 36.4 Å². The highest BCUT2D eigenvalue weighted by Crippen LogP contribution is 2.03. The predicted molar refractivity (Wildman–Crippen MR) is 75.7 cm³/mol. The minimum Gasteiger partial charge on any atom is -0.384 e. The summed E-state index contributed by atoms with van der Waals surface area (Å²) in [6, 6.07) is 9.12. The van der Waals surface area contributed by atoms with Crippen LogP contribution in [0, 0.1) is 0 Å². The third-order valence-corrected chi connectivity index (χ3v) is 2.64. The maximum Gasteiger partial charge on any atom is 0.382 e. The van der Waals surface area contributed by atoms with Crippen LogP contribution in [0.1, 0.15) is 38.2 Å². The average Bonchev–Trinajstić information content (AvgIpc) is 2.46. The Kier molecular flexibility index (Phi) is 6.96. The van der Waals surface area contributed by atoms with E-state index in [-0.39, 0.29) is 6.42 Å². The van der Waals surface area contributed by atoms with Gasteiger partial charge < -0.3 is 4.74 Å². The second-order valence-electron chi connectivity index (χ2n) is 4.33. The maximum atomic E-state index is 11.4. The lowest BCUT2D eigenvalue weighted by molar-refractivity contribution is -0.161. The zero-order chi connectivity index (χ0) is 14.8. The highest BCUT2D eigenvalue weighted by Gasteiger charge is 2.17. The van der Waals surface area contributed by atoms with Gasteiger partial charge >= 0.3 is 11.9 Å². The Hall–Kier alpha value is -2.23. The quantitative estimate of drug-likeness (QED) is 0.252. The van der Waals surface area contributed by atoms with Crippen LogP contribution in [0.4, 0.5) is 0 Å². The van der Waals surface area contributed by atoms with Crippen LogP contribution in [0.3, 0.4) is 0 Å². The number of Topliss-reactive ketones (excluding diaryl/α,β-unsaturated/α-hetero) is 1. The highest BCUT2D eigenvalue weighted by atomic mass is 16.6. The molecule has 0 amide bonds. The van der Waals surface area contributed by atoms with Gasteiger partial charge in [0.25, 0.3) is 0 Å². The number of hydrogen-bond acceptors (Lipinski definition) is 4. The van der Waals surface area contributed by atoms with Crippen molar-refractivity contribution in [3.05, 3.63) is 42.0 Å². The highest BCUT2D eigenvalue weighted by molar-refractivity contribution is 6.35. The number of esters is 2. The molecule has 0 aliphatic rings. The third kappa shape index (κ3) is 6.09. The van der Waals surface area contributed by atoms with Gasteiger partial charge in [-0.25, -0.2) is 9.59 Å². The number of unbranched alkanes of at least 4 members (excludes halogenated alkanes) is 2. The number of benzene rings is 1. The summed E-state index contributed by atoms with van der Waals surface area (Å²) in [5, 5.41) is 0. The van der Waals surface area contributed by atoms with Gasteiger partial charge in [-0.3, -0.25) is 4.79 Å². The summed E-state index contributed by atoms with van der Waals surface area (Å²) in [5.41, 5.74) is 0.811. The number of ketones is 1. The Morgan fingerprint density at radius 1 is 1.10 bits per heavy atom. The first-order valence-electron chi connectivity index (χ1n) is 6.65. The van der Waals surface area contributed by atoms with Gasteiger partial charge in [-0.15, -0.1) is 0 Å². The monoisotopic (exact) mass is 274 g/mol. The molecule has 1 aromatic rings. The number of hydrogen-bond donors (Lipinski definition) is 0. The van der Waals surface area contributed by atoms with E-state index >= 15 is 0 Å². The van der Waals surface area contributed by atoms with Gasteiger partial charge in [-0.1, -0.05) is 50.1 Å². The molecule has 0 aliphatic heterocycles. The molecule has 0 heterocycles. The van der Waals surface area contributed by atoms with Crippen molar-refractivity contribution in [3.63, 3.8) is 0 Å². The lowest BCUT2D eigenvalue weighted by Gasteiger charge is -1.99. The van der Waals surface area contributed by atoms with Gasteiger partial charge in [0.05, 0.1) is 0 Å². The second-order valence-corrected chi connectivity index (χ2v) is 4.33. The molecule has 4 heteroatoms. The number of carbonyl (C=O) groups is 3. The van der Waals surface area contributed by atoms with E-state index in [2.05, 4.69) is 4.74 Å². The predicted octanol–water partition coefficient (Wildman–Crippen LogP) is 2.92. The fourth-order valence-electron chi connectivity index (χ4n) is 1.55. The van der Waals surface area contributed by atoms with Crippen molar-refractivity contribution in [1.29, 1.82) is 0 Å². The van der Waals surface area contributed by atoms with E-state index in [1.165, 1.54) is 6.08 Å². The van der Waals surface area contributed by atoms with E-state index in [4.69, 9.17) is 0 Å². The molecule has 0 N–H and O–H groups in total. The SMILES string of the molecule is CCCCCC(=O)C(=O)OC(=O)C=Cc1ccccc1. The van der Waals surface area contributed by atoms with Crippen molar-refractivity contribution in [2.45, 2.75) is 32.6 Å². The Balaban J connectivity index is 2.40. The van der Waals surface area contributed by atoms with Crippen molar-refractivity contribution in [2.24, 2.45) is 0 Å². The molecule has 1 rings (SSSR count). The third-order valence-electron chi connectivity index (χ3n) is 2.64. The lowest BCUT2D eigenvalue weighted by Crippen LogP contribution is -2.20. The van der Waals surface area contributed by atoms with Gasteiger partial charge in [0.1, 0.15) is 0 Å². The minimum atomic E-state index is -1.08. The van der Waals surface area contributed by atoms with Crippen LogP contribution in [0.2, 0.25) is 0 Å². The molecule has 0 aliphatic carbocycles. The van der Waals surface area contributed by atoms with Crippen molar-refractivity contribution in [2.75, 3.05) is 0 Å². The minimum absolute atomic E-state index is 0.127. The fourth-order valence-corrected chi connectivity index (χ4v) is 1.55. The summed E-state index contributed by atoms with van der Waals surface area (Å²) < 4.78 is 4.45. The summed E-state index contributed by atoms with van der Waals surface area (Å²) >= 11 is 0. The van der Waals surface area contributed by atoms with Crippen LogP contribution < -0.4 is 0 Å². The zero-order valence-corrected chi connectivity index (χ0v) is 11.5. The van der Waals surface area contributed by atoms with Gasteiger partial charge in [0.15, 0.2) is 0 Å². The molecular formula is C16H18O4. The summed E-state index contributed by atoms with van der Waals surface area (Å²) in [6.45, 7) is 2.00. The molecule has 20 heavy (non-hydrogen) atoms. The van der Waals surface area contributed by atoms with Crippen molar-refractivity contribution < 1.29 is 19.1 Å². The molecule has 1 aromatic carbocycles. The summed E-state index contributed by atoms with van der Waals surface area (Å²) in [4.78, 5) is 34.1. The van der Waals surface area contributed by atoms with Crippen LogP contribution in [-0.2, 0) is 19.1 Å². The second kappa shape index (κ2) is 8.80. The Bertz CT molecular complexity index is 488. The average molecular weight is 274 g/mol. The summed E-state index contributed by atoms with van der Waals surface area (Å²) in [6.07, 6.45) is 5.26. The van der Waals surface area contributed by atoms with E-state index in [1.807, 2.05) is 37.3 Å². The van der Waals surface area contributed by atoms with E-state index in [0.717, 1.165) is 24.5 Å². The Morgan fingerprint density at radius 3 is 2.45 bits per heavy atom. The first-order chi connectivity index (χ1) is 9.63. The first kappa shape index (κ1) is 15.8. The molecule has 0 spiro atoms. The van der Waals surface area contributed by atoms with Crippen LogP contribution in [0.5, 0.6) is 0 Å². The standard InChI is InChI=1S/C16H18O4/c1-2-3-5-10-14(17)16(19)20-15(18)12-11-13-8-6-4-7-9-13/h4,6-9,11-12H,2-3,5,10H2,1H3. The normalized spacial score (nSPS) is 10.4. The fraction of sp³-hybridized carbons (Fsp3) is 0.312. The largest absolute Gasteiger partial charge is 0.384 e. The smallest absolute Gasteiger partial charge is 0.382 e. The van der Waals surface area contributed by atoms with Crippen molar-refractivity contribution >= 4 is 23.8 Å². The Morgan fingerprint density at radius 2 is 1.80 bits per heavy atom. The van der Waals surface area contributed by atoms with Crippen molar-refractivity contribution in [1.82, 2.24) is 0 Å². The summed E-state index contributed by atoms with van der Waals surface area (Å²) in [7, 11) is 0. The molecule has 0 bridgehead atoms. The van der Waals surface area contributed by atoms with E-state index < -0.39 is 17.7 Å². The molecule has 0 radical (unpaired) electrons. The number of ether oxygens (including phenoxy) is 1. The van der Waals surface area contributed by atoms with Gasteiger partial charge in [-0.2, -0.15) is 0 Å². The molecule has 0 saturated heterocycles. The zero-order valence-electron chi connectivity index (χ0n) is 11.5. The van der Waals surface area contributed by atoms with Crippen molar-refractivity contribution in [3.8, 4) is 0 Å². The van der Waals surface area contributed by atoms with E-state index in [1.54, 1.807) is 0 Å². The topological polar surface area (TPSA) is 60.4 Å². The van der Waals surface area contributed by atoms with Crippen LogP contribution in [-0.4, -0.2) is 17.7 Å². The van der Waals surface area contributed by atoms with Gasteiger partial charge in [0, 0.05) is 12.5 Å². The first-order valence-corrected chi connectivity index (χ1v) is 6.65. The lowest BCUT2D eigenvalue weighted by atomic mass is 10.1. The Labute approximate surface area is 118 Å². The summed E-state index contributed by atoms with van der Waals surface area (Å²) in [5.74, 6) is -2.56.